The number of unbranched alkanes of at least 4 members (excludes halogenated alkanes) is 6. The van der Waals surface area contributed by atoms with E-state index in [-0.39, 0.29) is 0 Å². The fraction of sp³-hybridized carbons (Fsp3) is 0.824. The second kappa shape index (κ2) is 14.9. The van der Waals surface area contributed by atoms with Gasteiger partial charge in [0, 0.05) is 26.2 Å². The molecule has 0 amide bonds. The first-order valence-corrected chi connectivity index (χ1v) is 10.7. The Kier molecular flexibility index (Phi) is 14.4. The second-order valence-corrected chi connectivity index (χ2v) is 7.77. The predicted octanol–water partition coefficient (Wildman–Crippen LogP) is 4.34. The number of rotatable bonds is 16. The van der Waals surface area contributed by atoms with E-state index in [0.29, 0.717) is 26.2 Å². The lowest BCUT2D eigenvalue weighted by molar-refractivity contribution is -0.137. The third kappa shape index (κ3) is 12.4. The van der Waals surface area contributed by atoms with Gasteiger partial charge in [-0.25, -0.2) is 0 Å². The lowest BCUT2D eigenvalue weighted by Gasteiger charge is -2.25. The number of aliphatic carboxylic acids is 1. The number of hydrogen-bond acceptors (Lipinski definition) is 4. The molecule has 0 spiro atoms. The van der Waals surface area contributed by atoms with Gasteiger partial charge in [-0.05, 0) is 45.7 Å². The Morgan fingerprint density at radius 2 is 1.35 bits per heavy atom. The molecular formula is C17H34O5Si. The van der Waals surface area contributed by atoms with Crippen LogP contribution in [0.1, 0.15) is 72.1 Å². The molecule has 0 heterocycles. The van der Waals surface area contributed by atoms with Crippen molar-refractivity contribution in [2.24, 2.45) is 0 Å². The summed E-state index contributed by atoms with van der Waals surface area (Å²) in [5.41, 5.74) is 2.01. The van der Waals surface area contributed by atoms with Crippen molar-refractivity contribution in [1.82, 2.24) is 0 Å². The minimum Gasteiger partial charge on any atom is -0.481 e. The van der Waals surface area contributed by atoms with Crippen molar-refractivity contribution < 1.29 is 23.2 Å². The van der Waals surface area contributed by atoms with Crippen molar-refractivity contribution in [2.75, 3.05) is 19.8 Å². The maximum absolute atomic E-state index is 10.4. The highest BCUT2D eigenvalue weighted by atomic mass is 28.4. The summed E-state index contributed by atoms with van der Waals surface area (Å²) < 4.78 is 17.3. The zero-order chi connectivity index (χ0) is 17.4. The Bertz CT molecular complexity index is 303. The van der Waals surface area contributed by atoms with Crippen LogP contribution < -0.4 is 0 Å². The Balaban J connectivity index is 3.88. The monoisotopic (exact) mass is 346 g/mol. The van der Waals surface area contributed by atoms with E-state index in [1.165, 1.54) is 12.8 Å². The molecule has 0 rings (SSSR count). The molecule has 0 aromatic carbocycles. The van der Waals surface area contributed by atoms with Gasteiger partial charge in [-0.1, -0.05) is 31.8 Å². The lowest BCUT2D eigenvalue weighted by atomic mass is 10.1. The molecule has 0 unspecified atom stereocenters. The van der Waals surface area contributed by atoms with Gasteiger partial charge in [0.15, 0.2) is 0 Å². The van der Waals surface area contributed by atoms with Crippen molar-refractivity contribution in [3.63, 3.8) is 0 Å². The Hall–Kier alpha value is -0.693. The van der Waals surface area contributed by atoms with Crippen molar-refractivity contribution in [3.05, 3.63) is 11.8 Å². The smallest absolute Gasteiger partial charge is 0.481 e. The fourth-order valence-electron chi connectivity index (χ4n) is 2.35. The summed E-state index contributed by atoms with van der Waals surface area (Å²) in [5.74, 6) is -0.694. The molecule has 6 heteroatoms. The molecule has 0 bridgehead atoms. The van der Waals surface area contributed by atoms with E-state index in [1.807, 2.05) is 26.5 Å². The maximum atomic E-state index is 10.4. The molecule has 0 saturated carbocycles. The van der Waals surface area contributed by atoms with E-state index in [4.69, 9.17) is 18.4 Å². The summed E-state index contributed by atoms with van der Waals surface area (Å²) >= 11 is 0. The summed E-state index contributed by atoms with van der Waals surface area (Å²) in [6, 6.07) is 0. The minimum absolute atomic E-state index is 0.293. The van der Waals surface area contributed by atoms with Gasteiger partial charge < -0.3 is 18.4 Å². The van der Waals surface area contributed by atoms with Gasteiger partial charge in [0.05, 0.1) is 0 Å². The van der Waals surface area contributed by atoms with Crippen molar-refractivity contribution in [3.8, 4) is 0 Å². The van der Waals surface area contributed by atoms with E-state index >= 15 is 0 Å². The van der Waals surface area contributed by atoms with Gasteiger partial charge in [0.2, 0.25) is 0 Å². The van der Waals surface area contributed by atoms with Gasteiger partial charge >= 0.3 is 14.8 Å². The summed E-state index contributed by atoms with van der Waals surface area (Å²) in [6.07, 6.45) is 9.80. The Morgan fingerprint density at radius 3 is 1.83 bits per heavy atom. The zero-order valence-electron chi connectivity index (χ0n) is 15.0. The van der Waals surface area contributed by atoms with Crippen LogP contribution in [0.3, 0.4) is 0 Å². The molecule has 1 N–H and O–H groups in total. The van der Waals surface area contributed by atoms with Crippen molar-refractivity contribution in [2.45, 2.75) is 72.1 Å². The van der Waals surface area contributed by atoms with E-state index < -0.39 is 14.8 Å². The van der Waals surface area contributed by atoms with Crippen LogP contribution in [0.4, 0.5) is 0 Å². The average Bonchev–Trinajstić information content (AvgIpc) is 2.49. The summed E-state index contributed by atoms with van der Waals surface area (Å²) in [7, 11) is -2.63. The lowest BCUT2D eigenvalue weighted by Crippen LogP contribution is -2.44. The number of hydrogen-bond donors (Lipinski definition) is 1. The Labute approximate surface area is 142 Å². The molecule has 5 nitrogen and oxygen atoms in total. The topological polar surface area (TPSA) is 65.0 Å². The van der Waals surface area contributed by atoms with Crippen LogP contribution >= 0.6 is 0 Å². The van der Waals surface area contributed by atoms with E-state index in [0.717, 1.165) is 32.1 Å². The van der Waals surface area contributed by atoms with Crippen LogP contribution in [0.15, 0.2) is 11.8 Å². The van der Waals surface area contributed by atoms with E-state index in [2.05, 4.69) is 6.08 Å². The molecule has 0 aliphatic rings. The van der Waals surface area contributed by atoms with Crippen LogP contribution in [0, 0.1) is 0 Å². The first kappa shape index (κ1) is 22.3. The van der Waals surface area contributed by atoms with Crippen LogP contribution in [0.2, 0.25) is 0 Å². The molecule has 0 aromatic heterocycles. The number of carboxylic acid groups (broad SMARTS) is 1. The second-order valence-electron chi connectivity index (χ2n) is 5.36. The molecule has 23 heavy (non-hydrogen) atoms. The zero-order valence-corrected chi connectivity index (χ0v) is 16.0. The van der Waals surface area contributed by atoms with Gasteiger partial charge in [0.25, 0.3) is 0 Å². The molecule has 0 aliphatic heterocycles. The molecule has 0 saturated heterocycles. The van der Waals surface area contributed by atoms with Crippen LogP contribution in [0.25, 0.3) is 0 Å². The number of carboxylic acids is 1. The van der Waals surface area contributed by atoms with E-state index in [9.17, 15) is 4.79 Å². The van der Waals surface area contributed by atoms with Crippen LogP contribution in [-0.4, -0.2) is 39.7 Å². The first-order valence-electron chi connectivity index (χ1n) is 8.91. The summed E-state index contributed by atoms with van der Waals surface area (Å²) in [6.45, 7) is 7.64. The standard InChI is InChI=1S/C17H34O5Si/c1-4-20-23(21-5-2,22-6-3)16-14-12-10-8-7-9-11-13-15-17(18)19/h14,16H,4-13,15H2,1-3H3,(H,18,19). The molecule has 0 atom stereocenters. The predicted molar refractivity (Wildman–Crippen MR) is 94.3 cm³/mol. The quantitative estimate of drug-likeness (QED) is 0.333. The SMILES string of the molecule is CCO[Si](C=CCCCCCCCCC(=O)O)(OCC)OCC. The van der Waals surface area contributed by atoms with Crippen molar-refractivity contribution in [1.29, 1.82) is 0 Å². The Morgan fingerprint density at radius 1 is 0.870 bits per heavy atom. The third-order valence-electron chi connectivity index (χ3n) is 3.37. The summed E-state index contributed by atoms with van der Waals surface area (Å²) in [5, 5.41) is 8.56. The molecular weight excluding hydrogens is 312 g/mol. The maximum Gasteiger partial charge on any atom is 0.529 e. The normalized spacial score (nSPS) is 12.1. The number of carbonyl (C=O) groups is 1. The summed E-state index contributed by atoms with van der Waals surface area (Å²) in [4.78, 5) is 10.4. The molecule has 0 aliphatic carbocycles. The highest BCUT2D eigenvalue weighted by Crippen LogP contribution is 2.14. The highest BCUT2D eigenvalue weighted by Gasteiger charge is 2.37. The third-order valence-corrected chi connectivity index (χ3v) is 6.09. The largest absolute Gasteiger partial charge is 0.529 e. The highest BCUT2D eigenvalue weighted by molar-refractivity contribution is 6.66. The van der Waals surface area contributed by atoms with Gasteiger partial charge in [-0.15, -0.1) is 0 Å². The van der Waals surface area contributed by atoms with Crippen LogP contribution in [-0.2, 0) is 18.1 Å². The van der Waals surface area contributed by atoms with E-state index in [1.54, 1.807) is 0 Å². The minimum atomic E-state index is -2.63. The fourth-order valence-corrected chi connectivity index (χ4v) is 4.55. The van der Waals surface area contributed by atoms with Gasteiger partial charge in [-0.2, -0.15) is 0 Å². The van der Waals surface area contributed by atoms with Crippen LogP contribution in [0.5, 0.6) is 0 Å². The molecule has 136 valence electrons. The molecule has 0 aromatic rings. The first-order chi connectivity index (χ1) is 11.1. The molecule has 0 fully saturated rings. The molecule has 0 radical (unpaired) electrons. The van der Waals surface area contributed by atoms with Crippen molar-refractivity contribution >= 4 is 14.8 Å². The van der Waals surface area contributed by atoms with Gasteiger partial charge in [-0.3, -0.25) is 4.79 Å². The average molecular weight is 347 g/mol. The van der Waals surface area contributed by atoms with Gasteiger partial charge in [0.1, 0.15) is 0 Å². The number of allylic oxidation sites excluding steroid dienone is 1.